The largest absolute Gasteiger partial charge is 0.493 e. The lowest BCUT2D eigenvalue weighted by Gasteiger charge is -2.37. The van der Waals surface area contributed by atoms with Crippen molar-refractivity contribution in [3.05, 3.63) is 58.1 Å². The van der Waals surface area contributed by atoms with Gasteiger partial charge in [-0.05, 0) is 52.0 Å². The third-order valence-electron chi connectivity index (χ3n) is 6.31. The summed E-state index contributed by atoms with van der Waals surface area (Å²) in [5, 5.41) is 0.158. The van der Waals surface area contributed by atoms with Gasteiger partial charge in [0.25, 0.3) is 0 Å². The molecule has 2 aromatic heterocycles. The van der Waals surface area contributed by atoms with Crippen LogP contribution in [0.1, 0.15) is 39.4 Å². The zero-order chi connectivity index (χ0) is 29.2. The number of pyridine rings is 2. The number of halogens is 3. The maximum atomic E-state index is 14.1. The van der Waals surface area contributed by atoms with E-state index in [0.29, 0.717) is 48.7 Å². The second kappa shape index (κ2) is 11.9. The van der Waals surface area contributed by atoms with Gasteiger partial charge in [0.15, 0.2) is 17.3 Å². The third-order valence-corrected chi connectivity index (χ3v) is 7.02. The summed E-state index contributed by atoms with van der Waals surface area (Å²) in [6, 6.07) is 6.22. The Hall–Kier alpha value is -3.50. The molecular formula is C28H32Cl2FN5O4. The molecule has 0 bridgehead atoms. The van der Waals surface area contributed by atoms with E-state index in [4.69, 9.17) is 43.1 Å². The number of amides is 1. The molecule has 1 fully saturated rings. The van der Waals surface area contributed by atoms with Gasteiger partial charge in [-0.1, -0.05) is 23.2 Å². The Labute approximate surface area is 242 Å². The fourth-order valence-corrected chi connectivity index (χ4v) is 4.98. The lowest BCUT2D eigenvalue weighted by atomic mass is 10.1. The van der Waals surface area contributed by atoms with E-state index in [2.05, 4.69) is 14.9 Å². The van der Waals surface area contributed by atoms with Gasteiger partial charge in [0.1, 0.15) is 17.5 Å². The average molecular weight is 592 g/mol. The van der Waals surface area contributed by atoms with Gasteiger partial charge in [0.2, 0.25) is 0 Å². The Balaban J connectivity index is 1.56. The van der Waals surface area contributed by atoms with Gasteiger partial charge in [-0.25, -0.2) is 14.2 Å². The number of methoxy groups -OCH3 is 1. The van der Waals surface area contributed by atoms with E-state index in [9.17, 15) is 9.18 Å². The van der Waals surface area contributed by atoms with E-state index in [1.807, 2.05) is 26.8 Å². The van der Waals surface area contributed by atoms with E-state index in [1.165, 1.54) is 12.1 Å². The van der Waals surface area contributed by atoms with Crippen molar-refractivity contribution < 1.29 is 23.4 Å². The van der Waals surface area contributed by atoms with Gasteiger partial charge in [0.05, 0.1) is 29.7 Å². The molecule has 1 unspecified atom stereocenters. The molecule has 1 amide bonds. The molecule has 0 aliphatic carbocycles. The van der Waals surface area contributed by atoms with E-state index in [-0.39, 0.29) is 27.7 Å². The molecule has 1 aromatic carbocycles. The normalized spacial score (nSPS) is 14.6. The van der Waals surface area contributed by atoms with Crippen LogP contribution in [0.5, 0.6) is 11.5 Å². The van der Waals surface area contributed by atoms with Crippen LogP contribution in [0, 0.1) is 5.82 Å². The Kier molecular flexibility index (Phi) is 8.80. The molecule has 9 nitrogen and oxygen atoms in total. The van der Waals surface area contributed by atoms with Crippen molar-refractivity contribution in [2.24, 2.45) is 0 Å². The minimum Gasteiger partial charge on any atom is -0.493 e. The second-order valence-electron chi connectivity index (χ2n) is 10.3. The molecule has 0 saturated carbocycles. The highest BCUT2D eigenvalue weighted by Gasteiger charge is 2.27. The first kappa shape index (κ1) is 29.5. The number of benzene rings is 1. The predicted octanol–water partition coefficient (Wildman–Crippen LogP) is 6.38. The van der Waals surface area contributed by atoms with Crippen molar-refractivity contribution in [1.82, 2.24) is 14.9 Å². The number of hydrogen-bond acceptors (Lipinski definition) is 8. The smallest absolute Gasteiger partial charge is 0.410 e. The van der Waals surface area contributed by atoms with Crippen LogP contribution in [-0.2, 0) is 4.74 Å². The Morgan fingerprint density at radius 1 is 1.07 bits per heavy atom. The van der Waals surface area contributed by atoms with Crippen molar-refractivity contribution in [2.75, 3.05) is 43.9 Å². The minimum atomic E-state index is -0.712. The van der Waals surface area contributed by atoms with Crippen LogP contribution in [-0.4, -0.2) is 59.9 Å². The fraction of sp³-hybridized carbons (Fsp3) is 0.393. The van der Waals surface area contributed by atoms with Crippen LogP contribution in [0.25, 0.3) is 11.3 Å². The molecule has 1 saturated heterocycles. The van der Waals surface area contributed by atoms with Crippen LogP contribution in [0.2, 0.25) is 10.0 Å². The summed E-state index contributed by atoms with van der Waals surface area (Å²) in [5.41, 5.74) is 7.93. The second-order valence-corrected chi connectivity index (χ2v) is 11.1. The number of piperazine rings is 1. The molecular weight excluding hydrogens is 560 g/mol. The number of aromatic nitrogens is 2. The highest BCUT2D eigenvalue weighted by Crippen LogP contribution is 2.38. The highest BCUT2D eigenvalue weighted by atomic mass is 35.5. The Morgan fingerprint density at radius 3 is 2.42 bits per heavy atom. The summed E-state index contributed by atoms with van der Waals surface area (Å²) in [6.07, 6.45) is 2.19. The fourth-order valence-electron chi connectivity index (χ4n) is 4.31. The van der Waals surface area contributed by atoms with E-state index in [0.717, 1.165) is 5.69 Å². The molecule has 3 heterocycles. The van der Waals surface area contributed by atoms with Gasteiger partial charge in [-0.2, -0.15) is 0 Å². The lowest BCUT2D eigenvalue weighted by molar-refractivity contribution is 0.0240. The topological polar surface area (TPSA) is 103 Å². The molecule has 4 rings (SSSR count). The summed E-state index contributed by atoms with van der Waals surface area (Å²) >= 11 is 12.4. The molecule has 40 heavy (non-hydrogen) atoms. The van der Waals surface area contributed by atoms with E-state index in [1.54, 1.807) is 37.4 Å². The average Bonchev–Trinajstić information content (AvgIpc) is 2.91. The zero-order valence-corrected chi connectivity index (χ0v) is 24.5. The molecule has 1 aliphatic heterocycles. The summed E-state index contributed by atoms with van der Waals surface area (Å²) in [7, 11) is 1.58. The highest BCUT2D eigenvalue weighted by molar-refractivity contribution is 6.36. The summed E-state index contributed by atoms with van der Waals surface area (Å²) in [4.78, 5) is 25.1. The number of ether oxygens (including phenoxy) is 3. The number of nitrogens with zero attached hydrogens (tertiary/aromatic N) is 4. The first-order chi connectivity index (χ1) is 18.9. The van der Waals surface area contributed by atoms with Crippen molar-refractivity contribution >= 4 is 40.8 Å². The third kappa shape index (κ3) is 6.62. The molecule has 2 N–H and O–H groups in total. The molecule has 1 atom stereocenters. The van der Waals surface area contributed by atoms with Gasteiger partial charge in [0, 0.05) is 48.5 Å². The Morgan fingerprint density at radius 2 is 1.77 bits per heavy atom. The predicted molar refractivity (Wildman–Crippen MR) is 154 cm³/mol. The van der Waals surface area contributed by atoms with Crippen LogP contribution in [0.3, 0.4) is 0 Å². The van der Waals surface area contributed by atoms with Crippen molar-refractivity contribution in [2.45, 2.75) is 39.4 Å². The first-order valence-electron chi connectivity index (χ1n) is 12.7. The van der Waals surface area contributed by atoms with Crippen molar-refractivity contribution in [3.8, 4) is 22.8 Å². The SMILES string of the molecule is COc1cnc(-c2cnc(N)c(OC(C)c3c(Cl)ccc(F)c3Cl)c2)cc1N1CCN(C(=O)OC(C)(C)C)CC1. The van der Waals surface area contributed by atoms with Gasteiger partial charge >= 0.3 is 6.09 Å². The maximum absolute atomic E-state index is 14.1. The van der Waals surface area contributed by atoms with Crippen LogP contribution < -0.4 is 20.1 Å². The number of anilines is 2. The maximum Gasteiger partial charge on any atom is 0.410 e. The molecule has 3 aromatic rings. The summed E-state index contributed by atoms with van der Waals surface area (Å²) in [5.74, 6) is 0.411. The summed E-state index contributed by atoms with van der Waals surface area (Å²) < 4.78 is 31.2. The summed E-state index contributed by atoms with van der Waals surface area (Å²) in [6.45, 7) is 9.40. The molecule has 0 radical (unpaired) electrons. The van der Waals surface area contributed by atoms with E-state index < -0.39 is 17.5 Å². The van der Waals surface area contributed by atoms with Crippen molar-refractivity contribution in [1.29, 1.82) is 0 Å². The Bertz CT molecular complexity index is 1390. The number of carbonyl (C=O) groups is 1. The molecule has 12 heteroatoms. The number of rotatable bonds is 6. The van der Waals surface area contributed by atoms with Crippen LogP contribution in [0.4, 0.5) is 20.7 Å². The minimum absolute atomic E-state index is 0.115. The van der Waals surface area contributed by atoms with Crippen LogP contribution in [0.15, 0.2) is 36.7 Å². The zero-order valence-electron chi connectivity index (χ0n) is 23.0. The monoisotopic (exact) mass is 591 g/mol. The van der Waals surface area contributed by atoms with E-state index >= 15 is 0 Å². The number of carbonyl (C=O) groups excluding carboxylic acids is 1. The lowest BCUT2D eigenvalue weighted by Crippen LogP contribution is -2.50. The quantitative estimate of drug-likeness (QED) is 0.329. The van der Waals surface area contributed by atoms with Gasteiger partial charge < -0.3 is 29.7 Å². The molecule has 0 spiro atoms. The molecule has 1 aliphatic rings. The first-order valence-corrected chi connectivity index (χ1v) is 13.5. The standard InChI is InChI=1S/C28H32Cl2FN5O4/c1-16(24-18(29)6-7-19(31)25(24)30)39-22-12-17(14-34-26(22)32)20-13-21(23(38-5)15-33-20)35-8-10-36(11-9-35)27(37)40-28(2,3)4/h6-7,12-16H,8-11H2,1-5H3,(H2,32,34). The number of nitrogen functional groups attached to an aromatic ring is 1. The van der Waals surface area contributed by atoms with Crippen LogP contribution >= 0.6 is 23.2 Å². The number of hydrogen-bond donors (Lipinski definition) is 1. The number of nitrogens with two attached hydrogens (primary N) is 1. The van der Waals surface area contributed by atoms with Crippen molar-refractivity contribution in [3.63, 3.8) is 0 Å². The van der Waals surface area contributed by atoms with Gasteiger partial charge in [-0.15, -0.1) is 0 Å². The van der Waals surface area contributed by atoms with Gasteiger partial charge in [-0.3, -0.25) is 4.98 Å². The molecule has 214 valence electrons.